The van der Waals surface area contributed by atoms with Crippen LogP contribution < -0.4 is 0 Å². The van der Waals surface area contributed by atoms with Crippen LogP contribution in [-0.2, 0) is 19.1 Å². The molecule has 0 aromatic carbocycles. The lowest BCUT2D eigenvalue weighted by Crippen LogP contribution is -2.49. The molecule has 108 valence electrons. The highest BCUT2D eigenvalue weighted by atomic mass is 16.5. The predicted octanol–water partition coefficient (Wildman–Crippen LogP) is 0.504. The van der Waals surface area contributed by atoms with Gasteiger partial charge in [0, 0.05) is 13.1 Å². The molecule has 6 heteroatoms. The van der Waals surface area contributed by atoms with Gasteiger partial charge in [0.05, 0.1) is 25.7 Å². The Balaban J connectivity index is 1.77. The third kappa shape index (κ3) is 4.47. The highest BCUT2D eigenvalue weighted by molar-refractivity contribution is 5.80. The van der Waals surface area contributed by atoms with Gasteiger partial charge in [0.2, 0.25) is 0 Å². The average molecular weight is 271 g/mol. The van der Waals surface area contributed by atoms with Gasteiger partial charge in [0.15, 0.2) is 0 Å². The largest absolute Gasteiger partial charge is 0.481 e. The van der Waals surface area contributed by atoms with E-state index in [1.54, 1.807) is 11.8 Å². The van der Waals surface area contributed by atoms with E-state index >= 15 is 0 Å². The summed E-state index contributed by atoms with van der Waals surface area (Å²) in [7, 11) is 0. The third-order valence-corrected chi connectivity index (χ3v) is 3.48. The summed E-state index contributed by atoms with van der Waals surface area (Å²) in [4.78, 5) is 24.5. The van der Waals surface area contributed by atoms with Crippen molar-refractivity contribution < 1.29 is 24.2 Å². The van der Waals surface area contributed by atoms with Gasteiger partial charge in [0.1, 0.15) is 6.10 Å². The standard InChI is InChI=1S/C13H21NO5/c1-9(19-8-10-2-3-10)13(17)14-4-5-18-11(7-14)6-12(15)16/h9-11H,2-8H2,1H3,(H,15,16)/t9-,11-/m0/s1. The summed E-state index contributed by atoms with van der Waals surface area (Å²) in [5.41, 5.74) is 0. The second-order valence-corrected chi connectivity index (χ2v) is 5.29. The number of carboxylic acids is 1. The zero-order valence-electron chi connectivity index (χ0n) is 11.2. The van der Waals surface area contributed by atoms with Gasteiger partial charge in [-0.05, 0) is 25.7 Å². The minimum absolute atomic E-state index is 0.0684. The van der Waals surface area contributed by atoms with E-state index in [9.17, 15) is 9.59 Å². The Hall–Kier alpha value is -1.14. The molecule has 1 amide bonds. The van der Waals surface area contributed by atoms with Gasteiger partial charge in [-0.3, -0.25) is 9.59 Å². The maximum Gasteiger partial charge on any atom is 0.306 e. The fraction of sp³-hybridized carbons (Fsp3) is 0.846. The number of carboxylic acid groups (broad SMARTS) is 1. The molecule has 0 spiro atoms. The van der Waals surface area contributed by atoms with Gasteiger partial charge >= 0.3 is 5.97 Å². The lowest BCUT2D eigenvalue weighted by molar-refractivity contribution is -0.154. The van der Waals surface area contributed by atoms with Crippen molar-refractivity contribution in [3.8, 4) is 0 Å². The number of ether oxygens (including phenoxy) is 2. The Morgan fingerprint density at radius 2 is 2.21 bits per heavy atom. The van der Waals surface area contributed by atoms with Crippen LogP contribution in [-0.4, -0.2) is 60.4 Å². The van der Waals surface area contributed by atoms with Gasteiger partial charge in [-0.2, -0.15) is 0 Å². The first-order chi connectivity index (χ1) is 9.06. The summed E-state index contributed by atoms with van der Waals surface area (Å²) < 4.78 is 10.9. The van der Waals surface area contributed by atoms with Crippen molar-refractivity contribution in [2.45, 2.75) is 38.4 Å². The quantitative estimate of drug-likeness (QED) is 0.761. The summed E-state index contributed by atoms with van der Waals surface area (Å²) in [6.45, 7) is 3.63. The van der Waals surface area contributed by atoms with Gasteiger partial charge in [-0.15, -0.1) is 0 Å². The number of amides is 1. The molecule has 6 nitrogen and oxygen atoms in total. The lowest BCUT2D eigenvalue weighted by Gasteiger charge is -2.33. The molecule has 0 radical (unpaired) electrons. The first-order valence-electron chi connectivity index (χ1n) is 6.80. The molecule has 1 aliphatic carbocycles. The monoisotopic (exact) mass is 271 g/mol. The first-order valence-corrected chi connectivity index (χ1v) is 6.80. The summed E-state index contributed by atoms with van der Waals surface area (Å²) in [5.74, 6) is -0.351. The Labute approximate surface area is 112 Å². The van der Waals surface area contributed by atoms with Crippen LogP contribution in [0.1, 0.15) is 26.2 Å². The van der Waals surface area contributed by atoms with E-state index in [0.717, 1.165) is 0 Å². The van der Waals surface area contributed by atoms with E-state index in [-0.39, 0.29) is 12.3 Å². The van der Waals surface area contributed by atoms with E-state index in [1.807, 2.05) is 0 Å². The molecule has 0 bridgehead atoms. The number of nitrogens with zero attached hydrogens (tertiary/aromatic N) is 1. The maximum absolute atomic E-state index is 12.2. The molecule has 1 saturated carbocycles. The predicted molar refractivity (Wildman–Crippen MR) is 66.7 cm³/mol. The molecule has 1 aliphatic heterocycles. The van der Waals surface area contributed by atoms with E-state index in [1.165, 1.54) is 12.8 Å². The SMILES string of the molecule is C[C@H](OCC1CC1)C(=O)N1CCO[C@@H](CC(=O)O)C1. The number of carbonyl (C=O) groups excluding carboxylic acids is 1. The Kier molecular flexibility index (Phi) is 4.76. The Bertz CT molecular complexity index is 342. The fourth-order valence-corrected chi connectivity index (χ4v) is 2.13. The Morgan fingerprint density at radius 1 is 1.47 bits per heavy atom. The molecule has 0 aromatic heterocycles. The molecule has 2 fully saturated rings. The van der Waals surface area contributed by atoms with Crippen LogP contribution in [0, 0.1) is 5.92 Å². The highest BCUT2D eigenvalue weighted by Gasteiger charge is 2.30. The van der Waals surface area contributed by atoms with Crippen LogP contribution in [0.3, 0.4) is 0 Å². The normalized spacial score (nSPS) is 25.1. The summed E-state index contributed by atoms with van der Waals surface area (Å²) >= 11 is 0. The number of rotatable bonds is 6. The number of aliphatic carboxylic acids is 1. The van der Waals surface area contributed by atoms with E-state index in [0.29, 0.717) is 32.2 Å². The van der Waals surface area contributed by atoms with Crippen molar-refractivity contribution in [3.63, 3.8) is 0 Å². The molecule has 0 aromatic rings. The van der Waals surface area contributed by atoms with Crippen molar-refractivity contribution in [2.24, 2.45) is 5.92 Å². The van der Waals surface area contributed by atoms with Crippen LogP contribution in [0.4, 0.5) is 0 Å². The topological polar surface area (TPSA) is 76.1 Å². The minimum atomic E-state index is -0.905. The smallest absolute Gasteiger partial charge is 0.306 e. The van der Waals surface area contributed by atoms with E-state index in [4.69, 9.17) is 14.6 Å². The van der Waals surface area contributed by atoms with Gasteiger partial charge in [0.25, 0.3) is 5.91 Å². The van der Waals surface area contributed by atoms with Gasteiger partial charge in [-0.25, -0.2) is 0 Å². The van der Waals surface area contributed by atoms with Gasteiger partial charge in [-0.1, -0.05) is 0 Å². The summed E-state index contributed by atoms with van der Waals surface area (Å²) in [5, 5.41) is 8.74. The highest BCUT2D eigenvalue weighted by Crippen LogP contribution is 2.29. The second kappa shape index (κ2) is 6.34. The molecule has 2 aliphatic rings. The van der Waals surface area contributed by atoms with Crippen molar-refractivity contribution >= 4 is 11.9 Å². The van der Waals surface area contributed by atoms with Crippen LogP contribution in [0.5, 0.6) is 0 Å². The molecule has 2 rings (SSSR count). The van der Waals surface area contributed by atoms with Crippen LogP contribution >= 0.6 is 0 Å². The van der Waals surface area contributed by atoms with E-state index < -0.39 is 18.2 Å². The first kappa shape index (κ1) is 14.3. The molecule has 0 unspecified atom stereocenters. The number of hydrogen-bond acceptors (Lipinski definition) is 4. The lowest BCUT2D eigenvalue weighted by atomic mass is 10.2. The molecular formula is C13H21NO5. The van der Waals surface area contributed by atoms with E-state index in [2.05, 4.69) is 0 Å². The Morgan fingerprint density at radius 3 is 2.84 bits per heavy atom. The minimum Gasteiger partial charge on any atom is -0.481 e. The van der Waals surface area contributed by atoms with Crippen LogP contribution in [0.15, 0.2) is 0 Å². The number of hydrogen-bond donors (Lipinski definition) is 1. The summed E-state index contributed by atoms with van der Waals surface area (Å²) in [6, 6.07) is 0. The molecule has 19 heavy (non-hydrogen) atoms. The van der Waals surface area contributed by atoms with Crippen molar-refractivity contribution in [3.05, 3.63) is 0 Å². The maximum atomic E-state index is 12.2. The van der Waals surface area contributed by atoms with Gasteiger partial charge < -0.3 is 19.5 Å². The molecule has 1 N–H and O–H groups in total. The van der Waals surface area contributed by atoms with Crippen molar-refractivity contribution in [2.75, 3.05) is 26.3 Å². The van der Waals surface area contributed by atoms with Crippen molar-refractivity contribution in [1.29, 1.82) is 0 Å². The molecular weight excluding hydrogens is 250 g/mol. The zero-order valence-corrected chi connectivity index (χ0v) is 11.2. The van der Waals surface area contributed by atoms with Crippen LogP contribution in [0.25, 0.3) is 0 Å². The average Bonchev–Trinajstić information content (AvgIpc) is 3.18. The number of morpholine rings is 1. The third-order valence-electron chi connectivity index (χ3n) is 3.48. The fourth-order valence-electron chi connectivity index (χ4n) is 2.13. The molecule has 1 heterocycles. The zero-order chi connectivity index (χ0) is 13.8. The van der Waals surface area contributed by atoms with Crippen molar-refractivity contribution in [1.82, 2.24) is 4.90 Å². The van der Waals surface area contributed by atoms with Crippen LogP contribution in [0.2, 0.25) is 0 Å². The number of carbonyl (C=O) groups is 2. The second-order valence-electron chi connectivity index (χ2n) is 5.29. The molecule has 1 saturated heterocycles. The summed E-state index contributed by atoms with van der Waals surface area (Å²) in [6.07, 6.45) is 1.45. The molecule has 2 atom stereocenters.